The molecule has 0 amide bonds. The molecule has 2 N–H and O–H groups in total. The monoisotopic (exact) mass is 334 g/mol. The lowest BCUT2D eigenvalue weighted by molar-refractivity contribution is 0.110. The number of aliphatic hydroxyl groups excluding tert-OH is 1. The van der Waals surface area contributed by atoms with Crippen LogP contribution in [0.1, 0.15) is 17.2 Å². The second kappa shape index (κ2) is 7.46. The lowest BCUT2D eigenvalue weighted by atomic mass is 10.00. The lowest BCUT2D eigenvalue weighted by Gasteiger charge is -2.34. The number of hydrogen-bond donors (Lipinski definition) is 2. The summed E-state index contributed by atoms with van der Waals surface area (Å²) in [5, 5.41) is 13.0. The van der Waals surface area contributed by atoms with Crippen molar-refractivity contribution in [2.24, 2.45) is 0 Å². The topological polar surface area (TPSA) is 35.5 Å². The quantitative estimate of drug-likeness (QED) is 0.888. The normalized spacial score (nSPS) is 18.2. The number of nitrogens with one attached hydrogen (secondary N) is 1. The van der Waals surface area contributed by atoms with Crippen LogP contribution in [0.4, 0.5) is 0 Å². The van der Waals surface area contributed by atoms with Crippen LogP contribution in [0.3, 0.4) is 0 Å². The summed E-state index contributed by atoms with van der Waals surface area (Å²) in [6.07, 6.45) is 0. The maximum Gasteiger partial charge on any atom is 0.0628 e. The first-order valence-corrected chi connectivity index (χ1v) is 6.83. The van der Waals surface area contributed by atoms with E-state index < -0.39 is 0 Å². The van der Waals surface area contributed by atoms with Crippen LogP contribution in [0.15, 0.2) is 22.7 Å². The molecule has 102 valence electrons. The van der Waals surface area contributed by atoms with Crippen molar-refractivity contribution in [1.82, 2.24) is 10.2 Å². The Morgan fingerprint density at radius 3 is 2.67 bits per heavy atom. The molecule has 18 heavy (non-hydrogen) atoms. The van der Waals surface area contributed by atoms with Crippen LogP contribution >= 0.6 is 28.3 Å². The first-order chi connectivity index (χ1) is 8.22. The molecule has 5 heteroatoms. The Morgan fingerprint density at radius 1 is 1.39 bits per heavy atom. The highest BCUT2D eigenvalue weighted by Gasteiger charge is 2.22. The summed E-state index contributed by atoms with van der Waals surface area (Å²) in [6, 6.07) is 6.39. The number of benzene rings is 1. The molecule has 1 aromatic rings. The van der Waals surface area contributed by atoms with Gasteiger partial charge in [0.2, 0.25) is 0 Å². The third-order valence-electron chi connectivity index (χ3n) is 3.37. The van der Waals surface area contributed by atoms with Gasteiger partial charge >= 0.3 is 0 Å². The number of hydrogen-bond acceptors (Lipinski definition) is 3. The summed E-state index contributed by atoms with van der Waals surface area (Å²) in [4.78, 5) is 2.35. The van der Waals surface area contributed by atoms with Gasteiger partial charge in [-0.15, -0.1) is 12.4 Å². The molecule has 3 nitrogen and oxygen atoms in total. The number of aliphatic hydroxyl groups is 1. The van der Waals surface area contributed by atoms with Crippen molar-refractivity contribution < 1.29 is 5.11 Å². The van der Waals surface area contributed by atoms with E-state index in [2.05, 4.69) is 45.2 Å². The maximum atomic E-state index is 9.67. The number of piperazine rings is 1. The fourth-order valence-electron chi connectivity index (χ4n) is 2.37. The van der Waals surface area contributed by atoms with Gasteiger partial charge in [-0.05, 0) is 30.2 Å². The minimum Gasteiger partial charge on any atom is -0.394 e. The van der Waals surface area contributed by atoms with Gasteiger partial charge < -0.3 is 10.4 Å². The van der Waals surface area contributed by atoms with E-state index in [1.54, 1.807) is 0 Å². The Morgan fingerprint density at radius 2 is 2.06 bits per heavy atom. The van der Waals surface area contributed by atoms with E-state index in [1.165, 1.54) is 11.1 Å². The maximum absolute atomic E-state index is 9.67. The van der Waals surface area contributed by atoms with Crippen LogP contribution in [-0.4, -0.2) is 42.8 Å². The van der Waals surface area contributed by atoms with E-state index >= 15 is 0 Å². The smallest absolute Gasteiger partial charge is 0.0628 e. The summed E-state index contributed by atoms with van der Waals surface area (Å²) in [5.41, 5.74) is 2.47. The molecule has 1 atom stereocenters. The average Bonchev–Trinajstić information content (AvgIpc) is 2.36. The predicted molar refractivity (Wildman–Crippen MR) is 80.4 cm³/mol. The molecule has 0 unspecified atom stereocenters. The van der Waals surface area contributed by atoms with Gasteiger partial charge in [0, 0.05) is 30.7 Å². The van der Waals surface area contributed by atoms with Crippen molar-refractivity contribution in [3.8, 4) is 0 Å². The molecule has 0 saturated carbocycles. The van der Waals surface area contributed by atoms with Crippen molar-refractivity contribution in [3.63, 3.8) is 0 Å². The van der Waals surface area contributed by atoms with Gasteiger partial charge in [0.1, 0.15) is 0 Å². The predicted octanol–water partition coefficient (Wildman–Crippen LogP) is 2.12. The largest absolute Gasteiger partial charge is 0.394 e. The zero-order valence-electron chi connectivity index (χ0n) is 10.5. The third-order valence-corrected chi connectivity index (χ3v) is 3.86. The summed E-state index contributed by atoms with van der Waals surface area (Å²) in [5.74, 6) is 0. The fourth-order valence-corrected chi connectivity index (χ4v) is 2.75. The van der Waals surface area contributed by atoms with E-state index in [0.29, 0.717) is 0 Å². The molecular formula is C13H20BrClN2O. The Balaban J connectivity index is 0.00000162. The molecule has 1 heterocycles. The minimum atomic E-state index is 0. The molecule has 2 rings (SSSR count). The molecular weight excluding hydrogens is 316 g/mol. The van der Waals surface area contributed by atoms with Crippen LogP contribution in [0, 0.1) is 6.92 Å². The highest BCUT2D eigenvalue weighted by Crippen LogP contribution is 2.26. The molecule has 0 radical (unpaired) electrons. The average molecular weight is 336 g/mol. The van der Waals surface area contributed by atoms with Crippen molar-refractivity contribution in [3.05, 3.63) is 33.8 Å². The van der Waals surface area contributed by atoms with Crippen LogP contribution in [0.25, 0.3) is 0 Å². The van der Waals surface area contributed by atoms with Crippen LogP contribution in [-0.2, 0) is 0 Å². The minimum absolute atomic E-state index is 0. The number of halogens is 2. The zero-order chi connectivity index (χ0) is 12.3. The second-order valence-electron chi connectivity index (χ2n) is 4.49. The highest BCUT2D eigenvalue weighted by molar-refractivity contribution is 9.10. The summed E-state index contributed by atoms with van der Waals surface area (Å²) in [7, 11) is 0. The van der Waals surface area contributed by atoms with E-state index in [1.807, 2.05) is 6.07 Å². The van der Waals surface area contributed by atoms with E-state index in [9.17, 15) is 5.11 Å². The van der Waals surface area contributed by atoms with Crippen molar-refractivity contribution >= 4 is 28.3 Å². The molecule has 1 aliphatic rings. The zero-order valence-corrected chi connectivity index (χ0v) is 12.9. The van der Waals surface area contributed by atoms with Gasteiger partial charge in [-0.25, -0.2) is 0 Å². The number of rotatable bonds is 3. The van der Waals surface area contributed by atoms with E-state index in [0.717, 1.165) is 30.7 Å². The number of nitrogens with zero attached hydrogens (tertiary/aromatic N) is 1. The summed E-state index contributed by atoms with van der Waals surface area (Å²) >= 11 is 3.51. The standard InChI is InChI=1S/C13H19BrN2O.ClH/c1-10-2-3-11(14)8-12(10)13(9-17)16-6-4-15-5-7-16;/h2-3,8,13,15,17H,4-7,9H2,1H3;1H/t13-;/m1./s1. The van der Waals surface area contributed by atoms with E-state index in [4.69, 9.17) is 0 Å². The van der Waals surface area contributed by atoms with Gasteiger partial charge in [0.15, 0.2) is 0 Å². The Labute approximate surface area is 123 Å². The second-order valence-corrected chi connectivity index (χ2v) is 5.40. The SMILES string of the molecule is Cc1ccc(Br)cc1[C@@H](CO)N1CCNCC1.Cl. The van der Waals surface area contributed by atoms with Crippen molar-refractivity contribution in [1.29, 1.82) is 0 Å². The molecule has 0 aliphatic carbocycles. The first kappa shape index (κ1) is 15.9. The van der Waals surface area contributed by atoms with Crippen molar-refractivity contribution in [2.45, 2.75) is 13.0 Å². The highest BCUT2D eigenvalue weighted by atomic mass is 79.9. The van der Waals surface area contributed by atoms with Crippen LogP contribution < -0.4 is 5.32 Å². The molecule has 1 saturated heterocycles. The Hall–Kier alpha value is -0.130. The molecule has 1 fully saturated rings. The Kier molecular flexibility index (Phi) is 6.60. The van der Waals surface area contributed by atoms with Gasteiger partial charge in [-0.2, -0.15) is 0 Å². The molecule has 1 aromatic carbocycles. The summed E-state index contributed by atoms with van der Waals surface area (Å²) < 4.78 is 1.08. The van der Waals surface area contributed by atoms with E-state index in [-0.39, 0.29) is 25.1 Å². The van der Waals surface area contributed by atoms with Gasteiger partial charge in [0.25, 0.3) is 0 Å². The molecule has 0 bridgehead atoms. The fraction of sp³-hybridized carbons (Fsp3) is 0.538. The first-order valence-electron chi connectivity index (χ1n) is 6.04. The lowest BCUT2D eigenvalue weighted by Crippen LogP contribution is -2.46. The van der Waals surface area contributed by atoms with Crippen LogP contribution in [0.2, 0.25) is 0 Å². The molecule has 0 aromatic heterocycles. The van der Waals surface area contributed by atoms with Crippen molar-refractivity contribution in [2.75, 3.05) is 32.8 Å². The van der Waals surface area contributed by atoms with Gasteiger partial charge in [-0.3, -0.25) is 4.90 Å². The third kappa shape index (κ3) is 3.68. The summed E-state index contributed by atoms with van der Waals surface area (Å²) in [6.45, 7) is 6.28. The van der Waals surface area contributed by atoms with Crippen LogP contribution in [0.5, 0.6) is 0 Å². The molecule has 1 aliphatic heterocycles. The number of aryl methyl sites for hydroxylation is 1. The Bertz CT molecular complexity index is 383. The van der Waals surface area contributed by atoms with Gasteiger partial charge in [-0.1, -0.05) is 22.0 Å². The van der Waals surface area contributed by atoms with Gasteiger partial charge in [0.05, 0.1) is 12.6 Å². The molecule has 0 spiro atoms.